The fourth-order valence-electron chi connectivity index (χ4n) is 2.61. The molecular formula is C21H20O5. The van der Waals surface area contributed by atoms with E-state index in [4.69, 9.17) is 9.47 Å². The average Bonchev–Trinajstić information content (AvgIpc) is 3.07. The Kier molecular flexibility index (Phi) is 4.98. The third kappa shape index (κ3) is 3.72. The van der Waals surface area contributed by atoms with Crippen LogP contribution in [0.15, 0.2) is 48.1 Å². The Labute approximate surface area is 151 Å². The van der Waals surface area contributed by atoms with Crippen LogP contribution in [0.3, 0.4) is 0 Å². The molecule has 2 N–H and O–H groups in total. The van der Waals surface area contributed by atoms with Gasteiger partial charge in [0.1, 0.15) is 11.5 Å². The smallest absolute Gasteiger partial charge is 0.231 e. The minimum absolute atomic E-state index is 0.0312. The van der Waals surface area contributed by atoms with Crippen LogP contribution in [-0.4, -0.2) is 22.8 Å². The van der Waals surface area contributed by atoms with Crippen LogP contribution in [0, 0.1) is 0 Å². The van der Waals surface area contributed by atoms with Gasteiger partial charge < -0.3 is 19.7 Å². The fourth-order valence-corrected chi connectivity index (χ4v) is 2.61. The van der Waals surface area contributed by atoms with Crippen LogP contribution in [0.4, 0.5) is 0 Å². The van der Waals surface area contributed by atoms with Crippen molar-refractivity contribution in [1.82, 2.24) is 0 Å². The SMILES string of the molecule is CC(C)=CCc1c(O)ccc(C(=O)C=Cc2ccc3c(c2)OCO3)c1O. The Bertz CT molecular complexity index is 905. The molecule has 1 aliphatic heterocycles. The van der Waals surface area contributed by atoms with E-state index in [9.17, 15) is 15.0 Å². The molecule has 0 fully saturated rings. The summed E-state index contributed by atoms with van der Waals surface area (Å²) in [7, 11) is 0. The van der Waals surface area contributed by atoms with Crippen LogP contribution in [-0.2, 0) is 6.42 Å². The van der Waals surface area contributed by atoms with Gasteiger partial charge >= 0.3 is 0 Å². The second-order valence-corrected chi connectivity index (χ2v) is 6.26. The number of allylic oxidation sites excluding steroid dienone is 3. The number of aromatic hydroxyl groups is 2. The average molecular weight is 352 g/mol. The van der Waals surface area contributed by atoms with E-state index in [0.717, 1.165) is 11.1 Å². The maximum atomic E-state index is 12.5. The third-order valence-electron chi connectivity index (χ3n) is 4.06. The van der Waals surface area contributed by atoms with E-state index in [-0.39, 0.29) is 29.6 Å². The molecular weight excluding hydrogens is 332 g/mol. The van der Waals surface area contributed by atoms with E-state index >= 15 is 0 Å². The summed E-state index contributed by atoms with van der Waals surface area (Å²) in [6.07, 6.45) is 5.26. The lowest BCUT2D eigenvalue weighted by atomic mass is 10.0. The molecule has 2 aromatic rings. The molecule has 1 aliphatic rings. The van der Waals surface area contributed by atoms with Crippen molar-refractivity contribution in [2.75, 3.05) is 6.79 Å². The number of carbonyl (C=O) groups is 1. The van der Waals surface area contributed by atoms with E-state index in [1.54, 1.807) is 18.2 Å². The Balaban J connectivity index is 1.83. The van der Waals surface area contributed by atoms with E-state index in [1.165, 1.54) is 18.2 Å². The number of hydrogen-bond acceptors (Lipinski definition) is 5. The topological polar surface area (TPSA) is 76.0 Å². The van der Waals surface area contributed by atoms with Crippen molar-refractivity contribution < 1.29 is 24.5 Å². The van der Waals surface area contributed by atoms with Crippen molar-refractivity contribution in [3.05, 3.63) is 64.7 Å². The number of ketones is 1. The number of carbonyl (C=O) groups excluding carboxylic acids is 1. The standard InChI is InChI=1S/C21H20O5/c1-13(2)3-6-15-18(23)9-7-16(21(15)24)17(22)8-4-14-5-10-19-20(11-14)26-12-25-19/h3-5,7-11,23-24H,6,12H2,1-2H3. The monoisotopic (exact) mass is 352 g/mol. The predicted octanol–water partition coefficient (Wildman–Crippen LogP) is 4.23. The lowest BCUT2D eigenvalue weighted by Gasteiger charge is -2.09. The molecule has 0 aromatic heterocycles. The quantitative estimate of drug-likeness (QED) is 0.478. The highest BCUT2D eigenvalue weighted by Crippen LogP contribution is 2.34. The Hall–Kier alpha value is -3.21. The molecule has 0 radical (unpaired) electrons. The van der Waals surface area contributed by atoms with E-state index in [2.05, 4.69) is 0 Å². The van der Waals surface area contributed by atoms with Gasteiger partial charge in [-0.05, 0) is 56.2 Å². The third-order valence-corrected chi connectivity index (χ3v) is 4.06. The Morgan fingerprint density at radius 3 is 2.65 bits per heavy atom. The van der Waals surface area contributed by atoms with Gasteiger partial charge in [0.2, 0.25) is 6.79 Å². The van der Waals surface area contributed by atoms with Crippen molar-refractivity contribution in [2.24, 2.45) is 0 Å². The molecule has 0 saturated carbocycles. The summed E-state index contributed by atoms with van der Waals surface area (Å²) < 4.78 is 10.6. The van der Waals surface area contributed by atoms with Gasteiger partial charge in [0.25, 0.3) is 0 Å². The van der Waals surface area contributed by atoms with Crippen LogP contribution < -0.4 is 9.47 Å². The molecule has 0 saturated heterocycles. The predicted molar refractivity (Wildman–Crippen MR) is 98.8 cm³/mol. The van der Waals surface area contributed by atoms with Crippen molar-refractivity contribution in [3.8, 4) is 23.0 Å². The minimum atomic E-state index is -0.349. The second kappa shape index (κ2) is 7.35. The van der Waals surface area contributed by atoms with Gasteiger partial charge in [-0.2, -0.15) is 0 Å². The molecule has 0 bridgehead atoms. The number of phenols is 2. The van der Waals surface area contributed by atoms with Crippen molar-refractivity contribution in [1.29, 1.82) is 0 Å². The van der Waals surface area contributed by atoms with Gasteiger partial charge in [-0.25, -0.2) is 0 Å². The summed E-state index contributed by atoms with van der Waals surface area (Å²) in [5.74, 6) is 0.738. The Morgan fingerprint density at radius 2 is 1.88 bits per heavy atom. The van der Waals surface area contributed by atoms with Crippen LogP contribution in [0.5, 0.6) is 23.0 Å². The first-order valence-electron chi connectivity index (χ1n) is 8.25. The molecule has 5 heteroatoms. The molecule has 2 aromatic carbocycles. The highest BCUT2D eigenvalue weighted by molar-refractivity contribution is 6.09. The van der Waals surface area contributed by atoms with E-state index < -0.39 is 0 Å². The number of hydrogen-bond donors (Lipinski definition) is 2. The molecule has 0 amide bonds. The van der Waals surface area contributed by atoms with Crippen LogP contribution in [0.25, 0.3) is 6.08 Å². The van der Waals surface area contributed by atoms with Gasteiger partial charge in [0.05, 0.1) is 5.56 Å². The first kappa shape index (κ1) is 17.6. The summed E-state index contributed by atoms with van der Waals surface area (Å²) in [5.41, 5.74) is 2.33. The lowest BCUT2D eigenvalue weighted by Crippen LogP contribution is -1.98. The summed E-state index contributed by atoms with van der Waals surface area (Å²) in [6.45, 7) is 4.05. The van der Waals surface area contributed by atoms with Gasteiger partial charge in [-0.15, -0.1) is 0 Å². The first-order valence-corrected chi connectivity index (χ1v) is 8.25. The number of phenolic OH excluding ortho intramolecular Hbond substituents is 2. The summed E-state index contributed by atoms with van der Waals surface area (Å²) in [6, 6.07) is 8.22. The maximum Gasteiger partial charge on any atom is 0.231 e. The van der Waals surface area contributed by atoms with E-state index in [0.29, 0.717) is 23.5 Å². The fraction of sp³-hybridized carbons (Fsp3) is 0.190. The number of fused-ring (bicyclic) bond motifs is 1. The molecule has 0 unspecified atom stereocenters. The zero-order valence-corrected chi connectivity index (χ0v) is 14.7. The van der Waals surface area contributed by atoms with Crippen LogP contribution >= 0.6 is 0 Å². The second-order valence-electron chi connectivity index (χ2n) is 6.26. The summed E-state index contributed by atoms with van der Waals surface area (Å²) >= 11 is 0. The molecule has 0 aliphatic carbocycles. The number of benzene rings is 2. The van der Waals surface area contributed by atoms with Gasteiger partial charge in [-0.3, -0.25) is 4.79 Å². The Morgan fingerprint density at radius 1 is 1.12 bits per heavy atom. The minimum Gasteiger partial charge on any atom is -0.508 e. The zero-order valence-electron chi connectivity index (χ0n) is 14.7. The van der Waals surface area contributed by atoms with Crippen LogP contribution in [0.2, 0.25) is 0 Å². The van der Waals surface area contributed by atoms with Crippen molar-refractivity contribution in [3.63, 3.8) is 0 Å². The largest absolute Gasteiger partial charge is 0.508 e. The first-order chi connectivity index (χ1) is 12.5. The van der Waals surface area contributed by atoms with Crippen LogP contribution in [0.1, 0.15) is 35.3 Å². The molecule has 1 heterocycles. The number of rotatable bonds is 5. The number of ether oxygens (including phenoxy) is 2. The molecule has 3 rings (SSSR count). The van der Waals surface area contributed by atoms with Gasteiger partial charge in [0, 0.05) is 5.56 Å². The lowest BCUT2D eigenvalue weighted by molar-refractivity contribution is 0.104. The highest BCUT2D eigenvalue weighted by Gasteiger charge is 2.16. The normalized spacial score (nSPS) is 12.4. The molecule has 134 valence electrons. The summed E-state index contributed by atoms with van der Waals surface area (Å²) in [5, 5.41) is 20.4. The molecule has 0 atom stereocenters. The molecule has 5 nitrogen and oxygen atoms in total. The maximum absolute atomic E-state index is 12.5. The molecule has 0 spiro atoms. The molecule has 26 heavy (non-hydrogen) atoms. The van der Waals surface area contributed by atoms with E-state index in [1.807, 2.05) is 26.0 Å². The van der Waals surface area contributed by atoms with Crippen molar-refractivity contribution >= 4 is 11.9 Å². The summed E-state index contributed by atoms with van der Waals surface area (Å²) in [4.78, 5) is 12.5. The van der Waals surface area contributed by atoms with Crippen molar-refractivity contribution in [2.45, 2.75) is 20.3 Å². The van der Waals surface area contributed by atoms with Gasteiger partial charge in [0.15, 0.2) is 17.3 Å². The highest BCUT2D eigenvalue weighted by atomic mass is 16.7. The zero-order chi connectivity index (χ0) is 18.7. The van der Waals surface area contributed by atoms with Gasteiger partial charge in [-0.1, -0.05) is 23.8 Å².